The summed E-state index contributed by atoms with van der Waals surface area (Å²) >= 11 is 5.98. The first kappa shape index (κ1) is 23.3. The van der Waals surface area contributed by atoms with E-state index in [1.807, 2.05) is 6.92 Å². The molecular weight excluding hydrogens is 464 g/mol. The predicted molar refractivity (Wildman–Crippen MR) is 127 cm³/mol. The topological polar surface area (TPSA) is 115 Å². The van der Waals surface area contributed by atoms with Gasteiger partial charge in [-0.2, -0.15) is 9.40 Å². The number of phenols is 1. The SMILES string of the molecule is CCC1CCCCN1S(=O)(=O)c1ccc(NC(=O)c2cc(-c3cc(Cl)ccc3O)n[nH]2)cc1. The van der Waals surface area contributed by atoms with Crippen molar-refractivity contribution < 1.29 is 18.3 Å². The van der Waals surface area contributed by atoms with E-state index in [-0.39, 0.29) is 22.4 Å². The molecule has 3 aromatic rings. The number of sulfonamides is 1. The Hall–Kier alpha value is -2.88. The smallest absolute Gasteiger partial charge is 0.273 e. The molecule has 1 aliphatic rings. The van der Waals surface area contributed by atoms with Gasteiger partial charge in [0.15, 0.2) is 0 Å². The molecule has 33 heavy (non-hydrogen) atoms. The second-order valence-corrected chi connectivity index (χ2v) is 10.3. The molecule has 2 aromatic carbocycles. The molecule has 1 unspecified atom stereocenters. The Labute approximate surface area is 197 Å². The van der Waals surface area contributed by atoms with E-state index >= 15 is 0 Å². The lowest BCUT2D eigenvalue weighted by atomic mass is 10.0. The van der Waals surface area contributed by atoms with Crippen molar-refractivity contribution in [2.45, 2.75) is 43.5 Å². The second kappa shape index (κ2) is 9.54. The number of aromatic hydroxyl groups is 1. The summed E-state index contributed by atoms with van der Waals surface area (Å²) in [4.78, 5) is 12.8. The molecule has 2 heterocycles. The number of nitrogens with one attached hydrogen (secondary N) is 2. The summed E-state index contributed by atoms with van der Waals surface area (Å²) in [6.07, 6.45) is 3.57. The Morgan fingerprint density at radius 1 is 1.21 bits per heavy atom. The van der Waals surface area contributed by atoms with Crippen LogP contribution < -0.4 is 5.32 Å². The standard InChI is InChI=1S/C23H25ClN4O4S/c1-2-17-5-3-4-12-28(17)33(31,32)18-9-7-16(8-10-18)25-23(30)21-14-20(26-27-21)19-13-15(24)6-11-22(19)29/h6-11,13-14,17,29H,2-5,12H2,1H3,(H,25,30)(H,26,27). The molecule has 0 radical (unpaired) electrons. The maximum absolute atomic E-state index is 13.1. The van der Waals surface area contributed by atoms with Crippen molar-refractivity contribution in [3.05, 3.63) is 59.2 Å². The molecule has 10 heteroatoms. The maximum atomic E-state index is 13.1. The minimum absolute atomic E-state index is 0.00586. The largest absolute Gasteiger partial charge is 0.507 e. The van der Waals surface area contributed by atoms with Crippen LogP contribution in [0.5, 0.6) is 5.75 Å². The van der Waals surface area contributed by atoms with Gasteiger partial charge in [0, 0.05) is 28.9 Å². The number of phenolic OH excluding ortho intramolecular Hbond substituents is 1. The van der Waals surface area contributed by atoms with Crippen molar-refractivity contribution in [1.82, 2.24) is 14.5 Å². The van der Waals surface area contributed by atoms with Gasteiger partial charge in [-0.3, -0.25) is 9.89 Å². The number of anilines is 1. The van der Waals surface area contributed by atoms with E-state index in [9.17, 15) is 18.3 Å². The van der Waals surface area contributed by atoms with Crippen molar-refractivity contribution in [3.63, 3.8) is 0 Å². The molecule has 1 atom stereocenters. The van der Waals surface area contributed by atoms with E-state index in [1.54, 1.807) is 28.6 Å². The highest BCUT2D eigenvalue weighted by Gasteiger charge is 2.32. The normalized spacial score (nSPS) is 17.1. The van der Waals surface area contributed by atoms with Gasteiger partial charge in [0.25, 0.3) is 5.91 Å². The van der Waals surface area contributed by atoms with Crippen molar-refractivity contribution in [2.24, 2.45) is 0 Å². The number of piperidine rings is 1. The summed E-state index contributed by atoms with van der Waals surface area (Å²) in [6.45, 7) is 2.54. The molecule has 1 saturated heterocycles. The van der Waals surface area contributed by atoms with Gasteiger partial charge in [-0.1, -0.05) is 24.9 Å². The number of carbonyl (C=O) groups excluding carboxylic acids is 1. The number of rotatable bonds is 6. The number of aromatic amines is 1. The van der Waals surface area contributed by atoms with Gasteiger partial charge in [0.05, 0.1) is 10.6 Å². The first-order chi connectivity index (χ1) is 15.8. The van der Waals surface area contributed by atoms with Crippen LogP contribution >= 0.6 is 11.6 Å². The molecular formula is C23H25ClN4O4S. The monoisotopic (exact) mass is 488 g/mol. The van der Waals surface area contributed by atoms with Crippen LogP contribution in [0.2, 0.25) is 5.02 Å². The lowest BCUT2D eigenvalue weighted by Gasteiger charge is -2.34. The van der Waals surface area contributed by atoms with Crippen LogP contribution in [0.4, 0.5) is 5.69 Å². The second-order valence-electron chi connectivity index (χ2n) is 7.98. The minimum Gasteiger partial charge on any atom is -0.507 e. The number of benzene rings is 2. The summed E-state index contributed by atoms with van der Waals surface area (Å²) in [7, 11) is -3.59. The first-order valence-corrected chi connectivity index (χ1v) is 12.6. The zero-order valence-electron chi connectivity index (χ0n) is 18.1. The molecule has 0 spiro atoms. The van der Waals surface area contributed by atoms with Gasteiger partial charge >= 0.3 is 0 Å². The molecule has 1 fully saturated rings. The number of hydrogen-bond acceptors (Lipinski definition) is 5. The third-order valence-electron chi connectivity index (χ3n) is 5.82. The summed E-state index contributed by atoms with van der Waals surface area (Å²) in [5, 5.41) is 19.9. The lowest BCUT2D eigenvalue weighted by molar-refractivity contribution is 0.102. The van der Waals surface area contributed by atoms with E-state index in [1.165, 1.54) is 24.3 Å². The van der Waals surface area contributed by atoms with Gasteiger partial charge in [0.2, 0.25) is 10.0 Å². The fourth-order valence-electron chi connectivity index (χ4n) is 4.03. The summed E-state index contributed by atoms with van der Waals surface area (Å²) in [5.74, 6) is -0.457. The molecule has 3 N–H and O–H groups in total. The van der Waals surface area contributed by atoms with E-state index in [2.05, 4.69) is 15.5 Å². The summed E-state index contributed by atoms with van der Waals surface area (Å²) < 4.78 is 27.8. The van der Waals surface area contributed by atoms with Gasteiger partial charge in [-0.15, -0.1) is 0 Å². The Bertz CT molecular complexity index is 1260. The Morgan fingerprint density at radius 2 is 1.97 bits per heavy atom. The number of amides is 1. The number of halogens is 1. The third-order valence-corrected chi connectivity index (χ3v) is 8.02. The Kier molecular flexibility index (Phi) is 6.73. The van der Waals surface area contributed by atoms with Crippen LogP contribution in [0.1, 0.15) is 43.1 Å². The number of carbonyl (C=O) groups is 1. The van der Waals surface area contributed by atoms with Crippen LogP contribution in [-0.2, 0) is 10.0 Å². The quantitative estimate of drug-likeness (QED) is 0.467. The van der Waals surface area contributed by atoms with E-state index in [0.29, 0.717) is 28.5 Å². The van der Waals surface area contributed by atoms with Crippen molar-refractivity contribution >= 4 is 33.2 Å². The van der Waals surface area contributed by atoms with Crippen LogP contribution in [-0.4, -0.2) is 46.5 Å². The predicted octanol–water partition coefficient (Wildman–Crippen LogP) is 4.64. The van der Waals surface area contributed by atoms with Crippen LogP contribution in [0.3, 0.4) is 0 Å². The fourth-order valence-corrected chi connectivity index (χ4v) is 5.97. The van der Waals surface area contributed by atoms with Gasteiger partial charge in [-0.05, 0) is 67.8 Å². The number of H-pyrrole nitrogens is 1. The van der Waals surface area contributed by atoms with E-state index in [0.717, 1.165) is 25.7 Å². The molecule has 4 rings (SSSR count). The molecule has 0 saturated carbocycles. The number of nitrogens with zero attached hydrogens (tertiary/aromatic N) is 2. The third kappa shape index (κ3) is 4.90. The van der Waals surface area contributed by atoms with E-state index < -0.39 is 15.9 Å². The van der Waals surface area contributed by atoms with E-state index in [4.69, 9.17) is 11.6 Å². The number of hydrogen-bond donors (Lipinski definition) is 3. The number of aromatic nitrogens is 2. The fraction of sp³-hybridized carbons (Fsp3) is 0.304. The van der Waals surface area contributed by atoms with Gasteiger partial charge in [0.1, 0.15) is 11.4 Å². The molecule has 1 aromatic heterocycles. The first-order valence-electron chi connectivity index (χ1n) is 10.8. The van der Waals surface area contributed by atoms with Crippen LogP contribution in [0.15, 0.2) is 53.4 Å². The molecule has 174 valence electrons. The van der Waals surface area contributed by atoms with Crippen LogP contribution in [0.25, 0.3) is 11.3 Å². The van der Waals surface area contributed by atoms with Gasteiger partial charge < -0.3 is 10.4 Å². The Balaban J connectivity index is 1.48. The van der Waals surface area contributed by atoms with Crippen LogP contribution in [0, 0.1) is 0 Å². The summed E-state index contributed by atoms with van der Waals surface area (Å²) in [5.41, 5.74) is 1.40. The average molecular weight is 489 g/mol. The van der Waals surface area contributed by atoms with Crippen molar-refractivity contribution in [1.29, 1.82) is 0 Å². The highest BCUT2D eigenvalue weighted by molar-refractivity contribution is 7.89. The zero-order chi connectivity index (χ0) is 23.6. The highest BCUT2D eigenvalue weighted by atomic mass is 35.5. The van der Waals surface area contributed by atoms with Crippen molar-refractivity contribution in [2.75, 3.05) is 11.9 Å². The maximum Gasteiger partial charge on any atom is 0.273 e. The van der Waals surface area contributed by atoms with Gasteiger partial charge in [-0.25, -0.2) is 8.42 Å². The lowest BCUT2D eigenvalue weighted by Crippen LogP contribution is -2.43. The zero-order valence-corrected chi connectivity index (χ0v) is 19.7. The molecule has 1 amide bonds. The van der Waals surface area contributed by atoms with Crippen molar-refractivity contribution in [3.8, 4) is 17.0 Å². The average Bonchev–Trinajstić information content (AvgIpc) is 3.31. The highest BCUT2D eigenvalue weighted by Crippen LogP contribution is 2.31. The summed E-state index contributed by atoms with van der Waals surface area (Å²) in [6, 6.07) is 12.2. The molecule has 0 bridgehead atoms. The molecule has 1 aliphatic heterocycles. The molecule has 8 nitrogen and oxygen atoms in total. The Morgan fingerprint density at radius 3 is 2.70 bits per heavy atom. The minimum atomic E-state index is -3.59. The molecule has 0 aliphatic carbocycles.